The zero-order valence-electron chi connectivity index (χ0n) is 22.5. The number of ether oxygens (including phenoxy) is 2. The van der Waals surface area contributed by atoms with Gasteiger partial charge in [0.1, 0.15) is 28.7 Å². The number of non-ortho nitro benzene ring substituents is 1. The molecular formula is C32H30N2O6. The molecular weight excluding hydrogens is 508 g/mol. The minimum Gasteiger partial charge on any atom is -0.491 e. The second-order valence-corrected chi connectivity index (χ2v) is 10.0. The average Bonchev–Trinajstić information content (AvgIpc) is 3.22. The number of rotatable bonds is 11. The highest BCUT2D eigenvalue weighted by Gasteiger charge is 2.41. The molecule has 2 unspecified atom stereocenters. The quantitative estimate of drug-likeness (QED) is 0.109. The van der Waals surface area contributed by atoms with Crippen molar-refractivity contribution in [2.24, 2.45) is 5.92 Å². The second kappa shape index (κ2) is 11.7. The summed E-state index contributed by atoms with van der Waals surface area (Å²) in [4.78, 5) is 42.0. The second-order valence-electron chi connectivity index (χ2n) is 10.0. The number of nitro benzene ring substituents is 1. The van der Waals surface area contributed by atoms with Gasteiger partial charge in [-0.05, 0) is 54.8 Å². The molecule has 8 nitrogen and oxygen atoms in total. The molecule has 2 atom stereocenters. The lowest BCUT2D eigenvalue weighted by atomic mass is 9.98. The Morgan fingerprint density at radius 2 is 1.68 bits per heavy atom. The predicted octanol–water partition coefficient (Wildman–Crippen LogP) is 7.69. The molecule has 40 heavy (non-hydrogen) atoms. The number of unbranched alkanes of at least 4 members (excludes halogenated alkanes) is 1. The highest BCUT2D eigenvalue weighted by Crippen LogP contribution is 2.37. The number of para-hydroxylation sites is 1. The Labute approximate surface area is 232 Å². The number of nitrogens with zero attached hydrogens (tertiary/aromatic N) is 2. The van der Waals surface area contributed by atoms with Gasteiger partial charge in [-0.25, -0.2) is 4.98 Å². The fourth-order valence-electron chi connectivity index (χ4n) is 4.99. The van der Waals surface area contributed by atoms with Gasteiger partial charge in [-0.1, -0.05) is 51.3 Å². The van der Waals surface area contributed by atoms with Gasteiger partial charge in [-0.3, -0.25) is 19.7 Å². The SMILES string of the molecule is CCCCC(CC)COc1cccc2ccc(C3C(=O)c4ccc(Oc5ccc([N+](=O)[O-])cc5)cc4C3=O)nc12. The number of nitro groups is 1. The molecule has 8 heteroatoms. The third-order valence-corrected chi connectivity index (χ3v) is 7.35. The highest BCUT2D eigenvalue weighted by molar-refractivity contribution is 6.29. The predicted molar refractivity (Wildman–Crippen MR) is 152 cm³/mol. The maximum Gasteiger partial charge on any atom is 0.269 e. The monoisotopic (exact) mass is 538 g/mol. The molecule has 0 amide bonds. The van der Waals surface area contributed by atoms with Gasteiger partial charge in [0.05, 0.1) is 17.2 Å². The van der Waals surface area contributed by atoms with Crippen LogP contribution in [0.5, 0.6) is 17.2 Å². The fourth-order valence-corrected chi connectivity index (χ4v) is 4.99. The number of fused-ring (bicyclic) bond motifs is 2. The lowest BCUT2D eigenvalue weighted by Gasteiger charge is -2.17. The van der Waals surface area contributed by atoms with Crippen LogP contribution in [0.4, 0.5) is 5.69 Å². The molecule has 0 N–H and O–H groups in total. The van der Waals surface area contributed by atoms with Crippen molar-refractivity contribution in [3.8, 4) is 17.2 Å². The van der Waals surface area contributed by atoms with Crippen LogP contribution in [0.3, 0.4) is 0 Å². The number of benzene rings is 3. The number of Topliss-reactive ketones (excluding diaryl/α,β-unsaturated/α-hetero) is 2. The number of pyridine rings is 1. The number of carbonyl (C=O) groups excluding carboxylic acids is 2. The minimum atomic E-state index is -1.05. The number of hydrogen-bond acceptors (Lipinski definition) is 7. The van der Waals surface area contributed by atoms with Crippen molar-refractivity contribution in [1.82, 2.24) is 4.98 Å². The number of aromatic nitrogens is 1. The van der Waals surface area contributed by atoms with E-state index in [-0.39, 0.29) is 22.8 Å². The fraction of sp³-hybridized carbons (Fsp3) is 0.281. The van der Waals surface area contributed by atoms with Crippen molar-refractivity contribution in [1.29, 1.82) is 0 Å². The van der Waals surface area contributed by atoms with Crippen LogP contribution in [0.1, 0.15) is 71.9 Å². The number of carbonyl (C=O) groups is 2. The number of hydrogen-bond donors (Lipinski definition) is 0. The first kappa shape index (κ1) is 27.0. The summed E-state index contributed by atoms with van der Waals surface area (Å²) in [7, 11) is 0. The molecule has 1 aliphatic rings. The Kier molecular flexibility index (Phi) is 7.86. The van der Waals surface area contributed by atoms with Crippen LogP contribution in [0.25, 0.3) is 10.9 Å². The summed E-state index contributed by atoms with van der Waals surface area (Å²) < 4.78 is 12.0. The van der Waals surface area contributed by atoms with Crippen molar-refractivity contribution >= 4 is 28.2 Å². The van der Waals surface area contributed by atoms with Gasteiger partial charge in [0.15, 0.2) is 11.6 Å². The summed E-state index contributed by atoms with van der Waals surface area (Å²) in [6.45, 7) is 4.94. The summed E-state index contributed by atoms with van der Waals surface area (Å²) in [5, 5.41) is 11.8. The van der Waals surface area contributed by atoms with E-state index in [4.69, 9.17) is 14.5 Å². The Bertz CT molecular complexity index is 1580. The van der Waals surface area contributed by atoms with E-state index in [1.54, 1.807) is 18.2 Å². The molecule has 1 aliphatic carbocycles. The first-order valence-corrected chi connectivity index (χ1v) is 13.6. The zero-order valence-corrected chi connectivity index (χ0v) is 22.5. The molecule has 0 saturated carbocycles. The molecule has 0 spiro atoms. The standard InChI is InChI=1S/C32H30N2O6/c1-3-5-7-20(4-2)19-39-28-9-6-8-21-10-17-27(33-30(21)28)29-31(35)25-16-15-24(18-26(25)32(29)36)40-23-13-11-22(12-14-23)34(37)38/h6,8-18,20,29H,3-5,7,19H2,1-2H3. The van der Waals surface area contributed by atoms with Gasteiger partial charge >= 0.3 is 0 Å². The van der Waals surface area contributed by atoms with Crippen LogP contribution in [-0.4, -0.2) is 28.1 Å². The molecule has 3 aromatic carbocycles. The summed E-state index contributed by atoms with van der Waals surface area (Å²) in [5.41, 5.74) is 1.54. The van der Waals surface area contributed by atoms with Gasteiger partial charge in [-0.2, -0.15) is 0 Å². The molecule has 0 fully saturated rings. The average molecular weight is 539 g/mol. The summed E-state index contributed by atoms with van der Waals surface area (Å²) in [6, 6.07) is 19.7. The van der Waals surface area contributed by atoms with E-state index in [9.17, 15) is 19.7 Å². The third-order valence-electron chi connectivity index (χ3n) is 7.35. The first-order valence-electron chi connectivity index (χ1n) is 13.6. The van der Waals surface area contributed by atoms with Crippen molar-refractivity contribution in [3.05, 3.63) is 99.7 Å². The molecule has 204 valence electrons. The topological polar surface area (TPSA) is 109 Å². The molecule has 0 bridgehead atoms. The van der Waals surface area contributed by atoms with Crippen LogP contribution < -0.4 is 9.47 Å². The summed E-state index contributed by atoms with van der Waals surface area (Å²) in [5.74, 6) is 0.127. The van der Waals surface area contributed by atoms with E-state index < -0.39 is 10.8 Å². The van der Waals surface area contributed by atoms with Crippen LogP contribution >= 0.6 is 0 Å². The van der Waals surface area contributed by atoms with E-state index in [0.717, 1.165) is 31.1 Å². The van der Waals surface area contributed by atoms with E-state index in [2.05, 4.69) is 13.8 Å². The molecule has 1 aromatic heterocycles. The lowest BCUT2D eigenvalue weighted by Crippen LogP contribution is -2.15. The maximum atomic E-state index is 13.5. The molecule has 0 saturated heterocycles. The van der Waals surface area contributed by atoms with Crippen molar-refractivity contribution in [2.75, 3.05) is 6.61 Å². The Morgan fingerprint density at radius 1 is 0.925 bits per heavy atom. The molecule has 0 aliphatic heterocycles. The van der Waals surface area contributed by atoms with Crippen molar-refractivity contribution < 1.29 is 24.0 Å². The van der Waals surface area contributed by atoms with E-state index >= 15 is 0 Å². The Morgan fingerprint density at radius 3 is 2.40 bits per heavy atom. The van der Waals surface area contributed by atoms with Crippen LogP contribution in [0.2, 0.25) is 0 Å². The summed E-state index contributed by atoms with van der Waals surface area (Å²) >= 11 is 0. The largest absolute Gasteiger partial charge is 0.491 e. The molecule has 0 radical (unpaired) electrons. The van der Waals surface area contributed by atoms with Crippen molar-refractivity contribution in [2.45, 2.75) is 45.4 Å². The van der Waals surface area contributed by atoms with Crippen LogP contribution in [0.15, 0.2) is 72.8 Å². The lowest BCUT2D eigenvalue weighted by molar-refractivity contribution is -0.384. The third kappa shape index (κ3) is 5.43. The highest BCUT2D eigenvalue weighted by atomic mass is 16.6. The van der Waals surface area contributed by atoms with Crippen molar-refractivity contribution in [3.63, 3.8) is 0 Å². The smallest absolute Gasteiger partial charge is 0.269 e. The molecule has 4 aromatic rings. The van der Waals surface area contributed by atoms with E-state index in [0.29, 0.717) is 46.5 Å². The molecule has 1 heterocycles. The normalized spacial score (nSPS) is 15.2. The Balaban J connectivity index is 1.38. The summed E-state index contributed by atoms with van der Waals surface area (Å²) in [6.07, 6.45) is 4.44. The van der Waals surface area contributed by atoms with Gasteiger partial charge in [0, 0.05) is 28.6 Å². The van der Waals surface area contributed by atoms with Crippen LogP contribution in [0, 0.1) is 16.0 Å². The minimum absolute atomic E-state index is 0.0527. The van der Waals surface area contributed by atoms with E-state index in [1.165, 1.54) is 30.3 Å². The van der Waals surface area contributed by atoms with Gasteiger partial charge < -0.3 is 9.47 Å². The Hall–Kier alpha value is -4.59. The van der Waals surface area contributed by atoms with Gasteiger partial charge in [0.2, 0.25) is 0 Å². The van der Waals surface area contributed by atoms with Crippen LogP contribution in [-0.2, 0) is 0 Å². The van der Waals surface area contributed by atoms with E-state index in [1.807, 2.05) is 24.3 Å². The maximum absolute atomic E-state index is 13.5. The number of ketones is 2. The van der Waals surface area contributed by atoms with Gasteiger partial charge in [0.25, 0.3) is 5.69 Å². The zero-order chi connectivity index (χ0) is 28.2. The first-order chi connectivity index (χ1) is 19.4. The van der Waals surface area contributed by atoms with Gasteiger partial charge in [-0.15, -0.1) is 0 Å². The molecule has 5 rings (SSSR count).